The van der Waals surface area contributed by atoms with Crippen LogP contribution in [0.4, 0.5) is 0 Å². The van der Waals surface area contributed by atoms with Crippen molar-refractivity contribution < 1.29 is 9.90 Å². The molecule has 0 aliphatic carbocycles. The van der Waals surface area contributed by atoms with Crippen molar-refractivity contribution in [2.45, 2.75) is 26.4 Å². The van der Waals surface area contributed by atoms with E-state index in [4.69, 9.17) is 5.11 Å². The minimum absolute atomic E-state index is 0.0974. The lowest BCUT2D eigenvalue weighted by molar-refractivity contribution is 0.0701. The number of nitrogens with zero attached hydrogens (tertiary/aromatic N) is 2. The first-order chi connectivity index (χ1) is 8.50. The Balaban J connectivity index is 2.32. The highest BCUT2D eigenvalue weighted by Crippen LogP contribution is 2.17. The summed E-state index contributed by atoms with van der Waals surface area (Å²) in [4.78, 5) is 23.3. The molecule has 2 aromatic heterocycles. The van der Waals surface area contributed by atoms with Crippen molar-refractivity contribution in [2.24, 2.45) is 0 Å². The van der Waals surface area contributed by atoms with E-state index in [1.54, 1.807) is 28.4 Å². The number of rotatable bonds is 4. The van der Waals surface area contributed by atoms with Gasteiger partial charge < -0.3 is 5.11 Å². The van der Waals surface area contributed by atoms with Crippen molar-refractivity contribution in [1.82, 2.24) is 9.13 Å². The molecule has 2 heterocycles. The molecule has 18 heavy (non-hydrogen) atoms. The molecule has 6 heteroatoms. The predicted molar refractivity (Wildman–Crippen MR) is 69.5 cm³/mol. The number of hydrogen-bond acceptors (Lipinski definition) is 3. The van der Waals surface area contributed by atoms with Crippen LogP contribution in [0, 0.1) is 0 Å². The number of carboxylic acids is 1. The molecule has 0 radical (unpaired) electrons. The fourth-order valence-electron chi connectivity index (χ4n) is 1.77. The Bertz CT molecular complexity index is 621. The Hall–Kier alpha value is -1.82. The van der Waals surface area contributed by atoms with Crippen LogP contribution in [0.15, 0.2) is 28.6 Å². The summed E-state index contributed by atoms with van der Waals surface area (Å²) in [6.45, 7) is 4.15. The maximum atomic E-state index is 12.0. The number of aromatic nitrogens is 2. The van der Waals surface area contributed by atoms with Gasteiger partial charge in [-0.1, -0.05) is 0 Å². The lowest BCUT2D eigenvalue weighted by atomic mass is 10.2. The molecule has 0 spiro atoms. The normalized spacial score (nSPS) is 11.1. The summed E-state index contributed by atoms with van der Waals surface area (Å²) in [5, 5.41) is 10.7. The number of carbonyl (C=O) groups is 1. The summed E-state index contributed by atoms with van der Waals surface area (Å²) in [6, 6.07) is 1.84. The van der Waals surface area contributed by atoms with Gasteiger partial charge in [-0.3, -0.25) is 9.13 Å². The lowest BCUT2D eigenvalue weighted by Gasteiger charge is -2.05. The Labute approximate surface area is 108 Å². The molecule has 0 atom stereocenters. The molecule has 96 valence electrons. The molecule has 0 saturated heterocycles. The quantitative estimate of drug-likeness (QED) is 0.921. The van der Waals surface area contributed by atoms with Crippen molar-refractivity contribution in [3.63, 3.8) is 0 Å². The number of imidazole rings is 1. The smallest absolute Gasteiger partial charge is 0.346 e. The van der Waals surface area contributed by atoms with Crippen LogP contribution in [0.1, 0.15) is 35.1 Å². The van der Waals surface area contributed by atoms with Gasteiger partial charge in [0.25, 0.3) is 0 Å². The molecule has 2 aromatic rings. The van der Waals surface area contributed by atoms with Crippen LogP contribution >= 0.6 is 11.3 Å². The molecule has 1 N–H and O–H groups in total. The van der Waals surface area contributed by atoms with E-state index in [9.17, 15) is 9.59 Å². The standard InChI is InChI=1S/C12H14N2O3S/c1-8(2)14-5-4-13(12(14)17)7-9-3-6-18-10(9)11(15)16/h3-6,8H,7H2,1-2H3,(H,15,16). The summed E-state index contributed by atoms with van der Waals surface area (Å²) < 4.78 is 3.14. The Kier molecular flexibility index (Phi) is 3.38. The topological polar surface area (TPSA) is 64.2 Å². The molecule has 5 nitrogen and oxygen atoms in total. The van der Waals surface area contributed by atoms with Gasteiger partial charge in [-0.2, -0.15) is 0 Å². The van der Waals surface area contributed by atoms with Gasteiger partial charge in [0.2, 0.25) is 0 Å². The molecule has 0 aliphatic rings. The van der Waals surface area contributed by atoms with Crippen LogP contribution in [-0.2, 0) is 6.54 Å². The molecule has 0 fully saturated rings. The molecule has 0 amide bonds. The zero-order valence-electron chi connectivity index (χ0n) is 10.2. The van der Waals surface area contributed by atoms with Crippen LogP contribution in [0.2, 0.25) is 0 Å². The van der Waals surface area contributed by atoms with Crippen molar-refractivity contribution in [3.8, 4) is 0 Å². The van der Waals surface area contributed by atoms with E-state index >= 15 is 0 Å². The minimum atomic E-state index is -0.948. The van der Waals surface area contributed by atoms with Crippen molar-refractivity contribution in [3.05, 3.63) is 44.8 Å². The van der Waals surface area contributed by atoms with Gasteiger partial charge in [0, 0.05) is 18.4 Å². The van der Waals surface area contributed by atoms with E-state index in [-0.39, 0.29) is 11.7 Å². The van der Waals surface area contributed by atoms with Gasteiger partial charge >= 0.3 is 11.7 Å². The Morgan fingerprint density at radius 1 is 1.44 bits per heavy atom. The first kappa shape index (κ1) is 12.6. The van der Waals surface area contributed by atoms with E-state index in [0.29, 0.717) is 17.0 Å². The number of carboxylic acid groups (broad SMARTS) is 1. The fraction of sp³-hybridized carbons (Fsp3) is 0.333. The summed E-state index contributed by atoms with van der Waals surface area (Å²) in [6.07, 6.45) is 3.41. The van der Waals surface area contributed by atoms with E-state index in [1.165, 1.54) is 15.9 Å². The second kappa shape index (κ2) is 4.81. The van der Waals surface area contributed by atoms with Crippen molar-refractivity contribution >= 4 is 17.3 Å². The SMILES string of the molecule is CC(C)n1ccn(Cc2ccsc2C(=O)O)c1=O. The van der Waals surface area contributed by atoms with Crippen LogP contribution in [0.5, 0.6) is 0 Å². The third kappa shape index (κ3) is 2.24. The van der Waals surface area contributed by atoms with Gasteiger partial charge in [0.15, 0.2) is 0 Å². The molecule has 2 rings (SSSR count). The number of hydrogen-bond donors (Lipinski definition) is 1. The molecule has 0 unspecified atom stereocenters. The highest BCUT2D eigenvalue weighted by atomic mass is 32.1. The summed E-state index contributed by atoms with van der Waals surface area (Å²) in [5.41, 5.74) is 0.545. The first-order valence-electron chi connectivity index (χ1n) is 5.57. The number of aromatic carboxylic acids is 1. The van der Waals surface area contributed by atoms with Gasteiger partial charge in [-0.15, -0.1) is 11.3 Å². The van der Waals surface area contributed by atoms with E-state index in [0.717, 1.165) is 0 Å². The summed E-state index contributed by atoms with van der Waals surface area (Å²) >= 11 is 1.17. The zero-order chi connectivity index (χ0) is 13.3. The molecule has 0 aliphatic heterocycles. The Morgan fingerprint density at radius 3 is 2.72 bits per heavy atom. The molecule has 0 saturated carbocycles. The van der Waals surface area contributed by atoms with Crippen molar-refractivity contribution in [2.75, 3.05) is 0 Å². The largest absolute Gasteiger partial charge is 0.477 e. The minimum Gasteiger partial charge on any atom is -0.477 e. The molecule has 0 bridgehead atoms. The highest BCUT2D eigenvalue weighted by Gasteiger charge is 2.13. The molecule has 0 aromatic carbocycles. The summed E-state index contributed by atoms with van der Waals surface area (Å²) in [5.74, 6) is -0.948. The lowest BCUT2D eigenvalue weighted by Crippen LogP contribution is -2.25. The van der Waals surface area contributed by atoms with Crippen LogP contribution in [0.3, 0.4) is 0 Å². The Morgan fingerprint density at radius 2 is 2.17 bits per heavy atom. The summed E-state index contributed by atoms with van der Waals surface area (Å²) in [7, 11) is 0. The van der Waals surface area contributed by atoms with Crippen molar-refractivity contribution in [1.29, 1.82) is 0 Å². The van der Waals surface area contributed by atoms with Crippen LogP contribution < -0.4 is 5.69 Å². The third-order valence-electron chi connectivity index (χ3n) is 2.71. The van der Waals surface area contributed by atoms with Crippen LogP contribution in [0.25, 0.3) is 0 Å². The molecular weight excluding hydrogens is 252 g/mol. The fourth-order valence-corrected chi connectivity index (χ4v) is 2.53. The van der Waals surface area contributed by atoms with Gasteiger partial charge in [-0.05, 0) is 30.9 Å². The van der Waals surface area contributed by atoms with Crippen LogP contribution in [-0.4, -0.2) is 20.2 Å². The maximum absolute atomic E-state index is 12.0. The average molecular weight is 266 g/mol. The van der Waals surface area contributed by atoms with Gasteiger partial charge in [-0.25, -0.2) is 9.59 Å². The average Bonchev–Trinajstić information content (AvgIpc) is 2.87. The van der Waals surface area contributed by atoms with E-state index in [2.05, 4.69) is 0 Å². The second-order valence-corrected chi connectivity index (χ2v) is 5.21. The highest BCUT2D eigenvalue weighted by molar-refractivity contribution is 7.12. The van der Waals surface area contributed by atoms with Gasteiger partial charge in [0.05, 0.1) is 6.54 Å². The van der Waals surface area contributed by atoms with E-state index in [1.807, 2.05) is 13.8 Å². The maximum Gasteiger partial charge on any atom is 0.346 e. The monoisotopic (exact) mass is 266 g/mol. The number of thiophene rings is 1. The zero-order valence-corrected chi connectivity index (χ0v) is 11.0. The second-order valence-electron chi connectivity index (χ2n) is 4.29. The van der Waals surface area contributed by atoms with Gasteiger partial charge in [0.1, 0.15) is 4.88 Å². The molecular formula is C12H14N2O3S. The third-order valence-corrected chi connectivity index (χ3v) is 3.66. The predicted octanol–water partition coefficient (Wildman–Crippen LogP) is 2.04. The first-order valence-corrected chi connectivity index (χ1v) is 6.45. The van der Waals surface area contributed by atoms with E-state index < -0.39 is 5.97 Å².